The van der Waals surface area contributed by atoms with Crippen molar-refractivity contribution in [2.24, 2.45) is 0 Å². The van der Waals surface area contributed by atoms with E-state index in [1.807, 2.05) is 36.4 Å². The van der Waals surface area contributed by atoms with Gasteiger partial charge in [-0.3, -0.25) is 4.79 Å². The van der Waals surface area contributed by atoms with E-state index in [9.17, 15) is 23.1 Å². The number of nitrogens with one attached hydrogen (secondary N) is 1. The Kier molecular flexibility index (Phi) is 7.42. The lowest BCUT2D eigenvalue weighted by molar-refractivity contribution is -0.142. The largest absolute Gasteiger partial charge is 0.496 e. The first-order chi connectivity index (χ1) is 17.3. The van der Waals surface area contributed by atoms with Crippen LogP contribution in [0.25, 0.3) is 11.1 Å². The van der Waals surface area contributed by atoms with E-state index in [1.54, 1.807) is 37.4 Å². The van der Waals surface area contributed by atoms with E-state index in [1.165, 1.54) is 12.1 Å². The Morgan fingerprint density at radius 3 is 2.31 bits per heavy atom. The van der Waals surface area contributed by atoms with Gasteiger partial charge in [0.15, 0.2) is 14.6 Å². The Labute approximate surface area is 209 Å². The summed E-state index contributed by atoms with van der Waals surface area (Å²) in [7, 11) is -2.54. The molecule has 0 radical (unpaired) electrons. The van der Waals surface area contributed by atoms with Crippen molar-refractivity contribution in [1.82, 2.24) is 5.32 Å². The maximum Gasteiger partial charge on any atom is 0.326 e. The van der Waals surface area contributed by atoms with Gasteiger partial charge in [-0.05, 0) is 29.3 Å². The van der Waals surface area contributed by atoms with Gasteiger partial charge in [0.05, 0.1) is 18.6 Å². The van der Waals surface area contributed by atoms with Crippen molar-refractivity contribution in [3.05, 3.63) is 84.4 Å². The van der Waals surface area contributed by atoms with E-state index in [0.717, 1.165) is 11.1 Å². The van der Waals surface area contributed by atoms with Crippen LogP contribution in [-0.4, -0.2) is 56.5 Å². The molecular formula is C27H27NO7S. The molecule has 1 aliphatic heterocycles. The van der Waals surface area contributed by atoms with Crippen LogP contribution in [0, 0.1) is 0 Å². The number of carbonyl (C=O) groups excluding carboxylic acids is 1. The molecule has 8 nitrogen and oxygen atoms in total. The van der Waals surface area contributed by atoms with Crippen molar-refractivity contribution in [2.45, 2.75) is 28.5 Å². The molecule has 0 saturated carbocycles. The monoisotopic (exact) mass is 509 g/mol. The molecule has 1 fully saturated rings. The van der Waals surface area contributed by atoms with E-state index in [0.29, 0.717) is 11.3 Å². The fraction of sp³-hybridized carbons (Fsp3) is 0.259. The van der Waals surface area contributed by atoms with Gasteiger partial charge in [-0.25, -0.2) is 13.2 Å². The molecule has 1 saturated heterocycles. The van der Waals surface area contributed by atoms with Gasteiger partial charge in [0.25, 0.3) is 0 Å². The van der Waals surface area contributed by atoms with Crippen LogP contribution >= 0.6 is 0 Å². The Balaban J connectivity index is 1.55. The molecule has 0 aromatic heterocycles. The minimum atomic E-state index is -4.13. The first-order valence-electron chi connectivity index (χ1n) is 11.4. The number of rotatable bonds is 9. The third-order valence-corrected chi connectivity index (χ3v) is 8.81. The Morgan fingerprint density at radius 1 is 1.03 bits per heavy atom. The zero-order valence-corrected chi connectivity index (χ0v) is 20.5. The quantitative estimate of drug-likeness (QED) is 0.455. The lowest BCUT2D eigenvalue weighted by Crippen LogP contribution is -2.57. The standard InChI is InChI=1S/C27H27NO7S/c1-34-24-10-6-5-9-22(24)20-13-11-19(12-14-20)17-23(25(29)30)28-26(31)27(15-16-35-18-27)36(32,33)21-7-3-2-4-8-21/h2-14,23H,15-18H2,1H3,(H,28,31)(H,29,30)/t23-,27?/m0/s1. The number of hydrogen-bond acceptors (Lipinski definition) is 6. The second-order valence-electron chi connectivity index (χ2n) is 8.58. The molecule has 1 unspecified atom stereocenters. The number of carbonyl (C=O) groups is 2. The summed E-state index contributed by atoms with van der Waals surface area (Å²) in [6, 6.07) is 21.1. The first kappa shape index (κ1) is 25.4. The number of methoxy groups -OCH3 is 1. The highest BCUT2D eigenvalue weighted by molar-refractivity contribution is 7.93. The summed E-state index contributed by atoms with van der Waals surface area (Å²) in [5.74, 6) is -1.42. The second-order valence-corrected chi connectivity index (χ2v) is 10.8. The molecule has 36 heavy (non-hydrogen) atoms. The molecule has 9 heteroatoms. The van der Waals surface area contributed by atoms with E-state index in [2.05, 4.69) is 5.32 Å². The van der Waals surface area contributed by atoms with Crippen molar-refractivity contribution in [3.8, 4) is 16.9 Å². The molecule has 0 bridgehead atoms. The van der Waals surface area contributed by atoms with Gasteiger partial charge in [-0.1, -0.05) is 60.7 Å². The van der Waals surface area contributed by atoms with Gasteiger partial charge in [0.2, 0.25) is 5.91 Å². The average molecular weight is 510 g/mol. The van der Waals surface area contributed by atoms with E-state index < -0.39 is 32.5 Å². The van der Waals surface area contributed by atoms with Gasteiger partial charge in [-0.2, -0.15) is 0 Å². The van der Waals surface area contributed by atoms with Crippen LogP contribution in [-0.2, 0) is 30.6 Å². The highest BCUT2D eigenvalue weighted by Gasteiger charge is 2.54. The van der Waals surface area contributed by atoms with Crippen LogP contribution in [0.4, 0.5) is 0 Å². The first-order valence-corrected chi connectivity index (χ1v) is 12.9. The minimum Gasteiger partial charge on any atom is -0.496 e. The summed E-state index contributed by atoms with van der Waals surface area (Å²) in [6.45, 7) is -0.252. The molecule has 2 N–H and O–H groups in total. The summed E-state index contributed by atoms with van der Waals surface area (Å²) in [4.78, 5) is 25.4. The minimum absolute atomic E-state index is 0.00976. The number of para-hydroxylation sites is 1. The van der Waals surface area contributed by atoms with Crippen molar-refractivity contribution in [2.75, 3.05) is 20.3 Å². The molecule has 1 amide bonds. The molecule has 3 aromatic carbocycles. The molecule has 188 valence electrons. The van der Waals surface area contributed by atoms with Gasteiger partial charge in [0.1, 0.15) is 11.8 Å². The van der Waals surface area contributed by atoms with Crippen molar-refractivity contribution >= 4 is 21.7 Å². The van der Waals surface area contributed by atoms with Crippen LogP contribution in [0.5, 0.6) is 5.75 Å². The smallest absolute Gasteiger partial charge is 0.326 e. The van der Waals surface area contributed by atoms with Crippen molar-refractivity contribution in [3.63, 3.8) is 0 Å². The molecule has 0 aliphatic carbocycles. The van der Waals surface area contributed by atoms with Crippen LogP contribution in [0.2, 0.25) is 0 Å². The summed E-state index contributed by atoms with van der Waals surface area (Å²) in [5.41, 5.74) is 2.45. The fourth-order valence-electron chi connectivity index (χ4n) is 4.31. The lowest BCUT2D eigenvalue weighted by atomic mass is 9.99. The third kappa shape index (κ3) is 4.84. The average Bonchev–Trinajstić information content (AvgIpc) is 3.41. The maximum absolute atomic E-state index is 13.4. The van der Waals surface area contributed by atoms with Gasteiger partial charge in [-0.15, -0.1) is 0 Å². The molecule has 2 atom stereocenters. The number of ether oxygens (including phenoxy) is 2. The highest BCUT2D eigenvalue weighted by Crippen LogP contribution is 2.34. The Bertz CT molecular complexity index is 1330. The SMILES string of the molecule is COc1ccccc1-c1ccc(C[C@H](NC(=O)C2(S(=O)(=O)c3ccccc3)CCOC2)C(=O)O)cc1. The summed E-state index contributed by atoms with van der Waals surface area (Å²) in [5, 5.41) is 12.3. The summed E-state index contributed by atoms with van der Waals surface area (Å²) in [6.07, 6.45) is -0.0778. The second kappa shape index (κ2) is 10.5. The number of hydrogen-bond donors (Lipinski definition) is 2. The van der Waals surface area contributed by atoms with Gasteiger partial charge in [0, 0.05) is 25.0 Å². The van der Waals surface area contributed by atoms with E-state index in [-0.39, 0.29) is 31.0 Å². The predicted molar refractivity (Wildman–Crippen MR) is 133 cm³/mol. The molecule has 0 spiro atoms. The van der Waals surface area contributed by atoms with Crippen LogP contribution in [0.1, 0.15) is 12.0 Å². The van der Waals surface area contributed by atoms with Gasteiger partial charge >= 0.3 is 5.97 Å². The predicted octanol–water partition coefficient (Wildman–Crippen LogP) is 3.11. The van der Waals surface area contributed by atoms with Crippen molar-refractivity contribution in [1.29, 1.82) is 0 Å². The molecular weight excluding hydrogens is 482 g/mol. The number of benzene rings is 3. The molecule has 4 rings (SSSR count). The Morgan fingerprint density at radius 2 is 1.69 bits per heavy atom. The fourth-order valence-corrected chi connectivity index (χ4v) is 6.17. The zero-order chi connectivity index (χ0) is 25.8. The Hall–Kier alpha value is -3.69. The van der Waals surface area contributed by atoms with Crippen molar-refractivity contribution < 1.29 is 32.6 Å². The van der Waals surface area contributed by atoms with Crippen LogP contribution in [0.3, 0.4) is 0 Å². The highest BCUT2D eigenvalue weighted by atomic mass is 32.2. The molecule has 1 aliphatic rings. The maximum atomic E-state index is 13.4. The number of sulfone groups is 1. The molecule has 1 heterocycles. The zero-order valence-electron chi connectivity index (χ0n) is 19.7. The van der Waals surface area contributed by atoms with E-state index >= 15 is 0 Å². The van der Waals surface area contributed by atoms with E-state index in [4.69, 9.17) is 9.47 Å². The lowest BCUT2D eigenvalue weighted by Gasteiger charge is -2.28. The third-order valence-electron chi connectivity index (χ3n) is 6.38. The van der Waals surface area contributed by atoms with Crippen LogP contribution < -0.4 is 10.1 Å². The van der Waals surface area contributed by atoms with Crippen LogP contribution in [0.15, 0.2) is 83.8 Å². The number of aliphatic carboxylic acids is 1. The van der Waals surface area contributed by atoms with Gasteiger partial charge < -0.3 is 19.9 Å². The molecule has 3 aromatic rings. The normalized spacial score (nSPS) is 18.4. The summed E-state index contributed by atoms with van der Waals surface area (Å²) >= 11 is 0. The number of amides is 1. The number of carboxylic acids is 1. The summed E-state index contributed by atoms with van der Waals surface area (Å²) < 4.78 is 35.7. The number of carboxylic acid groups (broad SMARTS) is 1. The topological polar surface area (TPSA) is 119 Å².